The van der Waals surface area contributed by atoms with E-state index in [2.05, 4.69) is 71.8 Å². The Morgan fingerprint density at radius 3 is 2.60 bits per heavy atom. The molecule has 2 aromatic rings. The van der Waals surface area contributed by atoms with E-state index in [1.807, 2.05) is 0 Å². The van der Waals surface area contributed by atoms with Crippen LogP contribution in [-0.2, 0) is 4.43 Å². The first-order valence-electron chi connectivity index (χ1n) is 5.02. The van der Waals surface area contributed by atoms with Crippen molar-refractivity contribution in [3.63, 3.8) is 0 Å². The second-order valence-electron chi connectivity index (χ2n) is 3.84. The first kappa shape index (κ1) is 10.7. The summed E-state index contributed by atoms with van der Waals surface area (Å²) in [6.07, 6.45) is 0. The summed E-state index contributed by atoms with van der Waals surface area (Å²) in [5, 5.41) is 0. The van der Waals surface area contributed by atoms with Gasteiger partial charge >= 0.3 is 0 Å². The molecule has 2 rings (SSSR count). The maximum atomic E-state index is 3.43. The molecule has 78 valence electrons. The summed E-state index contributed by atoms with van der Waals surface area (Å²) in [5.41, 5.74) is 6.47. The smallest absolute Gasteiger partial charge is 0.0459 e. The molecule has 0 fully saturated rings. The number of H-pyrrole nitrogens is 1. The fourth-order valence-electron chi connectivity index (χ4n) is 1.71. The summed E-state index contributed by atoms with van der Waals surface area (Å²) >= 11 is 2.40. The van der Waals surface area contributed by atoms with Crippen LogP contribution in [0.2, 0.25) is 0 Å². The number of hydrogen-bond acceptors (Lipinski definition) is 0. The van der Waals surface area contributed by atoms with Crippen LogP contribution in [0.15, 0.2) is 30.3 Å². The molecular weight excluding hydrogens is 297 g/mol. The third-order valence-electron chi connectivity index (χ3n) is 2.60. The van der Waals surface area contributed by atoms with Crippen LogP contribution in [-0.4, -0.2) is 4.98 Å². The Labute approximate surface area is 104 Å². The fraction of sp³-hybridized carbons (Fsp3) is 0.231. The van der Waals surface area contributed by atoms with Crippen LogP contribution < -0.4 is 0 Å². The third-order valence-corrected chi connectivity index (χ3v) is 3.42. The normalized spacial score (nSPS) is 10.6. The molecule has 15 heavy (non-hydrogen) atoms. The number of benzene rings is 1. The number of hydrogen-bond donors (Lipinski definition) is 1. The van der Waals surface area contributed by atoms with Crippen molar-refractivity contribution in [3.05, 3.63) is 47.2 Å². The largest absolute Gasteiger partial charge is 0.358 e. The molecular formula is C13H14IN. The number of aromatic nitrogens is 1. The summed E-state index contributed by atoms with van der Waals surface area (Å²) in [7, 11) is 0. The lowest BCUT2D eigenvalue weighted by Crippen LogP contribution is -1.79. The molecule has 0 aliphatic carbocycles. The van der Waals surface area contributed by atoms with E-state index in [1.165, 1.54) is 28.1 Å². The van der Waals surface area contributed by atoms with Crippen molar-refractivity contribution in [2.75, 3.05) is 0 Å². The number of alkyl halides is 1. The lowest BCUT2D eigenvalue weighted by Gasteiger charge is -1.98. The van der Waals surface area contributed by atoms with Crippen LogP contribution in [0.3, 0.4) is 0 Å². The van der Waals surface area contributed by atoms with Crippen molar-refractivity contribution in [2.45, 2.75) is 18.3 Å². The minimum absolute atomic E-state index is 1.06. The predicted octanol–water partition coefficient (Wildman–Crippen LogP) is 4.23. The van der Waals surface area contributed by atoms with Crippen molar-refractivity contribution in [3.8, 4) is 11.3 Å². The van der Waals surface area contributed by atoms with E-state index in [4.69, 9.17) is 0 Å². The van der Waals surface area contributed by atoms with E-state index in [-0.39, 0.29) is 0 Å². The highest BCUT2D eigenvalue weighted by atomic mass is 127. The van der Waals surface area contributed by atoms with Crippen molar-refractivity contribution >= 4 is 22.6 Å². The molecule has 0 saturated heterocycles. The van der Waals surface area contributed by atoms with Crippen molar-refractivity contribution in [1.82, 2.24) is 4.98 Å². The van der Waals surface area contributed by atoms with E-state index < -0.39 is 0 Å². The average Bonchev–Trinajstić information content (AvgIpc) is 2.60. The Hall–Kier alpha value is -0.770. The van der Waals surface area contributed by atoms with Gasteiger partial charge in [-0.1, -0.05) is 46.4 Å². The molecule has 1 heterocycles. The van der Waals surface area contributed by atoms with E-state index in [0.29, 0.717) is 0 Å². The SMILES string of the molecule is Cc1cccc(-c2cc(CI)c(C)[nH]2)c1. The Morgan fingerprint density at radius 1 is 1.20 bits per heavy atom. The van der Waals surface area contributed by atoms with E-state index in [0.717, 1.165) is 4.43 Å². The Bertz CT molecular complexity index is 471. The monoisotopic (exact) mass is 311 g/mol. The zero-order chi connectivity index (χ0) is 10.8. The van der Waals surface area contributed by atoms with Gasteiger partial charge in [0, 0.05) is 15.8 Å². The van der Waals surface area contributed by atoms with Gasteiger partial charge in [0.25, 0.3) is 0 Å². The number of rotatable bonds is 2. The van der Waals surface area contributed by atoms with Crippen LogP contribution in [0.1, 0.15) is 16.8 Å². The topological polar surface area (TPSA) is 15.8 Å². The molecule has 0 aliphatic heterocycles. The lowest BCUT2D eigenvalue weighted by molar-refractivity contribution is 1.23. The van der Waals surface area contributed by atoms with Gasteiger partial charge in [-0.15, -0.1) is 0 Å². The molecule has 1 aromatic carbocycles. The Balaban J connectivity index is 2.45. The Kier molecular flexibility index (Phi) is 3.14. The minimum Gasteiger partial charge on any atom is -0.358 e. The van der Waals surface area contributed by atoms with Crippen LogP contribution in [0.25, 0.3) is 11.3 Å². The zero-order valence-corrected chi connectivity index (χ0v) is 11.1. The quantitative estimate of drug-likeness (QED) is 0.631. The number of aromatic amines is 1. The molecule has 1 aromatic heterocycles. The summed E-state index contributed by atoms with van der Waals surface area (Å²) in [5.74, 6) is 0. The molecule has 2 heteroatoms. The maximum absolute atomic E-state index is 3.43. The predicted molar refractivity (Wildman–Crippen MR) is 73.4 cm³/mol. The summed E-state index contributed by atoms with van der Waals surface area (Å²) in [6.45, 7) is 4.26. The molecule has 1 N–H and O–H groups in total. The first-order chi connectivity index (χ1) is 7.20. The lowest BCUT2D eigenvalue weighted by atomic mass is 10.1. The standard InChI is InChI=1S/C13H14IN/c1-9-4-3-5-11(6-9)13-7-12(8-14)10(2)15-13/h3-7,15H,8H2,1-2H3. The fourth-order valence-corrected chi connectivity index (χ4v) is 2.50. The number of nitrogens with one attached hydrogen (secondary N) is 1. The van der Waals surface area contributed by atoms with Gasteiger partial charge < -0.3 is 4.98 Å². The van der Waals surface area contributed by atoms with Crippen LogP contribution in [0, 0.1) is 13.8 Å². The van der Waals surface area contributed by atoms with Gasteiger partial charge in [0.1, 0.15) is 0 Å². The van der Waals surface area contributed by atoms with Gasteiger partial charge in [0.05, 0.1) is 0 Å². The van der Waals surface area contributed by atoms with Gasteiger partial charge in [0.15, 0.2) is 0 Å². The van der Waals surface area contributed by atoms with Gasteiger partial charge in [-0.2, -0.15) is 0 Å². The van der Waals surface area contributed by atoms with Crippen LogP contribution in [0.5, 0.6) is 0 Å². The molecule has 0 bridgehead atoms. The molecule has 0 spiro atoms. The van der Waals surface area contributed by atoms with E-state index in [1.54, 1.807) is 0 Å². The Morgan fingerprint density at radius 2 is 2.00 bits per heavy atom. The van der Waals surface area contributed by atoms with Crippen molar-refractivity contribution in [1.29, 1.82) is 0 Å². The van der Waals surface area contributed by atoms with Gasteiger partial charge in [-0.05, 0) is 37.1 Å². The second-order valence-corrected chi connectivity index (χ2v) is 4.60. The minimum atomic E-state index is 1.06. The third kappa shape index (κ3) is 2.25. The van der Waals surface area contributed by atoms with E-state index in [9.17, 15) is 0 Å². The maximum Gasteiger partial charge on any atom is 0.0459 e. The molecule has 1 nitrogen and oxygen atoms in total. The molecule has 0 aliphatic rings. The molecule has 0 amide bonds. The zero-order valence-electron chi connectivity index (χ0n) is 8.97. The van der Waals surface area contributed by atoms with Gasteiger partial charge in [-0.3, -0.25) is 0 Å². The molecule has 0 saturated carbocycles. The van der Waals surface area contributed by atoms with Crippen LogP contribution >= 0.6 is 22.6 Å². The summed E-state index contributed by atoms with van der Waals surface area (Å²) < 4.78 is 1.06. The highest BCUT2D eigenvalue weighted by molar-refractivity contribution is 14.1. The van der Waals surface area contributed by atoms with Crippen molar-refractivity contribution < 1.29 is 0 Å². The van der Waals surface area contributed by atoms with Gasteiger partial charge in [-0.25, -0.2) is 0 Å². The molecule has 0 radical (unpaired) electrons. The summed E-state index contributed by atoms with van der Waals surface area (Å²) in [4.78, 5) is 3.43. The van der Waals surface area contributed by atoms with Gasteiger partial charge in [0.2, 0.25) is 0 Å². The number of halogens is 1. The van der Waals surface area contributed by atoms with E-state index >= 15 is 0 Å². The second kappa shape index (κ2) is 4.39. The van der Waals surface area contributed by atoms with Crippen LogP contribution in [0.4, 0.5) is 0 Å². The number of aryl methyl sites for hydroxylation is 2. The van der Waals surface area contributed by atoms with Crippen molar-refractivity contribution in [2.24, 2.45) is 0 Å². The molecule has 0 unspecified atom stereocenters. The average molecular weight is 311 g/mol. The first-order valence-corrected chi connectivity index (χ1v) is 6.55. The highest BCUT2D eigenvalue weighted by Crippen LogP contribution is 2.23. The summed E-state index contributed by atoms with van der Waals surface area (Å²) in [6, 6.07) is 10.8. The molecule has 0 atom stereocenters. The highest BCUT2D eigenvalue weighted by Gasteiger charge is 2.04.